The van der Waals surface area contributed by atoms with Gasteiger partial charge in [0.25, 0.3) is 0 Å². The molecule has 0 aromatic heterocycles. The van der Waals surface area contributed by atoms with Gasteiger partial charge in [-0.2, -0.15) is 0 Å². The van der Waals surface area contributed by atoms with Gasteiger partial charge in [0.1, 0.15) is 0 Å². The summed E-state index contributed by atoms with van der Waals surface area (Å²) < 4.78 is 0. The third-order valence-corrected chi connectivity index (χ3v) is 6.42. The Morgan fingerprint density at radius 1 is 1.24 bits per heavy atom. The fourth-order valence-corrected chi connectivity index (χ4v) is 5.18. The van der Waals surface area contributed by atoms with E-state index in [-0.39, 0.29) is 17.8 Å². The number of benzene rings is 1. The van der Waals surface area contributed by atoms with Crippen LogP contribution in [0, 0.1) is 17.3 Å². The molecule has 2 saturated carbocycles. The molecule has 1 heterocycles. The molecule has 2 aliphatic carbocycles. The summed E-state index contributed by atoms with van der Waals surface area (Å²) in [5, 5.41) is 6.64. The number of carbonyl (C=O) groups is 1. The molecule has 2 N–H and O–H groups in total. The first-order valence-corrected chi connectivity index (χ1v) is 9.47. The zero-order valence-corrected chi connectivity index (χ0v) is 15.6. The summed E-state index contributed by atoms with van der Waals surface area (Å²) in [5.74, 6) is 1.64. The summed E-state index contributed by atoms with van der Waals surface area (Å²) in [7, 11) is 0. The highest BCUT2D eigenvalue weighted by atomic mass is 35.5. The number of halogens is 1. The van der Waals surface area contributed by atoms with E-state index in [0.29, 0.717) is 11.8 Å². The Morgan fingerprint density at radius 3 is 2.72 bits per heavy atom. The smallest absolute Gasteiger partial charge is 0.227 e. The Hall–Kier alpha value is -1.32. The van der Waals surface area contributed by atoms with Gasteiger partial charge in [-0.05, 0) is 56.0 Å². The lowest BCUT2D eigenvalue weighted by molar-refractivity contribution is -0.134. The molecule has 0 saturated heterocycles. The van der Waals surface area contributed by atoms with E-state index in [1.807, 2.05) is 0 Å². The van der Waals surface area contributed by atoms with Crippen molar-refractivity contribution in [3.8, 4) is 0 Å². The number of fused-ring (bicyclic) bond motifs is 2. The minimum Gasteiger partial charge on any atom is -0.352 e. The zero-order chi connectivity index (χ0) is 16.4. The van der Waals surface area contributed by atoms with Crippen molar-refractivity contribution in [2.75, 3.05) is 19.6 Å². The second-order valence-corrected chi connectivity index (χ2v) is 7.90. The van der Waals surface area contributed by atoms with Crippen LogP contribution < -0.4 is 10.6 Å². The van der Waals surface area contributed by atoms with Gasteiger partial charge in [0.05, 0.1) is 5.41 Å². The Labute approximate surface area is 157 Å². The molecule has 2 fully saturated rings. The molecule has 136 valence electrons. The average molecular weight is 361 g/mol. The summed E-state index contributed by atoms with van der Waals surface area (Å²) in [6.07, 6.45) is 9.09. The second-order valence-electron chi connectivity index (χ2n) is 7.90. The summed E-state index contributed by atoms with van der Waals surface area (Å²) in [6, 6.07) is 10.6. The molecule has 4 heteroatoms. The van der Waals surface area contributed by atoms with Gasteiger partial charge in [-0.1, -0.05) is 48.4 Å². The molecular formula is C21H29ClN2O. The normalized spacial score (nSPS) is 30.5. The van der Waals surface area contributed by atoms with Crippen LogP contribution in [0.4, 0.5) is 0 Å². The van der Waals surface area contributed by atoms with E-state index in [1.54, 1.807) is 0 Å². The SMILES string of the molecule is Cl.O=C(NCC1=CCNCC1)C1(Cc2ccccc2)CC2CCC1C2. The second kappa shape index (κ2) is 7.92. The maximum absolute atomic E-state index is 13.3. The number of amides is 1. The van der Waals surface area contributed by atoms with Crippen molar-refractivity contribution >= 4 is 18.3 Å². The molecule has 1 aromatic rings. The Kier molecular flexibility index (Phi) is 5.85. The molecule has 25 heavy (non-hydrogen) atoms. The third kappa shape index (κ3) is 3.78. The standard InChI is InChI=1S/C21H28N2O.ClH/c24-20(23-15-17-8-10-22-11-9-17)21(13-16-4-2-1-3-5-16)14-18-6-7-19(21)12-18;/h1-5,8,18-19,22H,6-7,9-15H2,(H,23,24);1H. The number of rotatable bonds is 5. The summed E-state index contributed by atoms with van der Waals surface area (Å²) in [4.78, 5) is 13.3. The third-order valence-electron chi connectivity index (χ3n) is 6.42. The molecule has 4 rings (SSSR count). The minimum absolute atomic E-state index is 0. The van der Waals surface area contributed by atoms with Gasteiger partial charge in [0, 0.05) is 13.1 Å². The van der Waals surface area contributed by atoms with E-state index in [4.69, 9.17) is 0 Å². The van der Waals surface area contributed by atoms with Gasteiger partial charge in [0.2, 0.25) is 5.91 Å². The van der Waals surface area contributed by atoms with Crippen LogP contribution in [0.15, 0.2) is 42.0 Å². The number of hydrogen-bond donors (Lipinski definition) is 2. The molecule has 3 atom stereocenters. The maximum Gasteiger partial charge on any atom is 0.227 e. The number of nitrogens with one attached hydrogen (secondary N) is 2. The van der Waals surface area contributed by atoms with Crippen molar-refractivity contribution in [1.82, 2.24) is 10.6 Å². The lowest BCUT2D eigenvalue weighted by Gasteiger charge is -2.37. The molecule has 3 aliphatic rings. The molecule has 3 nitrogen and oxygen atoms in total. The van der Waals surface area contributed by atoms with Crippen LogP contribution in [0.5, 0.6) is 0 Å². The molecule has 1 amide bonds. The van der Waals surface area contributed by atoms with Crippen LogP contribution in [-0.2, 0) is 11.2 Å². The van der Waals surface area contributed by atoms with Gasteiger partial charge in [-0.25, -0.2) is 0 Å². The average Bonchev–Trinajstić information content (AvgIpc) is 3.23. The van der Waals surface area contributed by atoms with Crippen LogP contribution >= 0.6 is 12.4 Å². The molecule has 2 bridgehead atoms. The van der Waals surface area contributed by atoms with E-state index in [2.05, 4.69) is 47.0 Å². The van der Waals surface area contributed by atoms with Crippen LogP contribution in [-0.4, -0.2) is 25.5 Å². The van der Waals surface area contributed by atoms with Crippen molar-refractivity contribution in [2.45, 2.75) is 38.5 Å². The molecule has 0 spiro atoms. The van der Waals surface area contributed by atoms with E-state index in [0.717, 1.165) is 44.8 Å². The molecule has 0 radical (unpaired) electrons. The Morgan fingerprint density at radius 2 is 2.08 bits per heavy atom. The Balaban J connectivity index is 0.00000182. The van der Waals surface area contributed by atoms with Crippen molar-refractivity contribution in [3.05, 3.63) is 47.5 Å². The highest BCUT2D eigenvalue weighted by Gasteiger charge is 2.55. The number of carbonyl (C=O) groups excluding carboxylic acids is 1. The summed E-state index contributed by atoms with van der Waals surface area (Å²) in [5.41, 5.74) is 2.51. The maximum atomic E-state index is 13.3. The van der Waals surface area contributed by atoms with Crippen molar-refractivity contribution < 1.29 is 4.79 Å². The summed E-state index contributed by atoms with van der Waals surface area (Å²) >= 11 is 0. The van der Waals surface area contributed by atoms with Gasteiger partial charge in [-0.15, -0.1) is 12.4 Å². The first-order chi connectivity index (χ1) is 11.8. The van der Waals surface area contributed by atoms with Crippen LogP contribution in [0.2, 0.25) is 0 Å². The van der Waals surface area contributed by atoms with Gasteiger partial charge >= 0.3 is 0 Å². The van der Waals surface area contributed by atoms with E-state index in [9.17, 15) is 4.79 Å². The van der Waals surface area contributed by atoms with Crippen LogP contribution in [0.3, 0.4) is 0 Å². The lowest BCUT2D eigenvalue weighted by atomic mass is 9.68. The molecule has 3 unspecified atom stereocenters. The first kappa shape index (κ1) is 18.5. The first-order valence-electron chi connectivity index (χ1n) is 9.47. The van der Waals surface area contributed by atoms with Crippen molar-refractivity contribution in [2.24, 2.45) is 17.3 Å². The molecular weight excluding hydrogens is 332 g/mol. The molecule has 1 aliphatic heterocycles. The van der Waals surface area contributed by atoms with Gasteiger partial charge < -0.3 is 10.6 Å². The fourth-order valence-electron chi connectivity index (χ4n) is 5.18. The Bertz CT molecular complexity index is 630. The van der Waals surface area contributed by atoms with Crippen LogP contribution in [0.1, 0.15) is 37.7 Å². The predicted molar refractivity (Wildman–Crippen MR) is 104 cm³/mol. The minimum atomic E-state index is -0.169. The zero-order valence-electron chi connectivity index (χ0n) is 14.8. The number of hydrogen-bond acceptors (Lipinski definition) is 2. The highest BCUT2D eigenvalue weighted by Crippen LogP contribution is 2.57. The summed E-state index contributed by atoms with van der Waals surface area (Å²) in [6.45, 7) is 2.70. The monoisotopic (exact) mass is 360 g/mol. The van der Waals surface area contributed by atoms with Crippen molar-refractivity contribution in [1.29, 1.82) is 0 Å². The topological polar surface area (TPSA) is 41.1 Å². The van der Waals surface area contributed by atoms with Gasteiger partial charge in [0.15, 0.2) is 0 Å². The van der Waals surface area contributed by atoms with Gasteiger partial charge in [-0.3, -0.25) is 4.79 Å². The quantitative estimate of drug-likeness (QED) is 0.789. The highest BCUT2D eigenvalue weighted by molar-refractivity contribution is 5.85. The van der Waals surface area contributed by atoms with E-state index < -0.39 is 0 Å². The van der Waals surface area contributed by atoms with E-state index >= 15 is 0 Å². The largest absolute Gasteiger partial charge is 0.352 e. The van der Waals surface area contributed by atoms with E-state index in [1.165, 1.54) is 30.4 Å². The lowest BCUT2D eigenvalue weighted by Crippen LogP contribution is -2.46. The van der Waals surface area contributed by atoms with Crippen molar-refractivity contribution in [3.63, 3.8) is 0 Å². The van der Waals surface area contributed by atoms with Crippen LogP contribution in [0.25, 0.3) is 0 Å². The fraction of sp³-hybridized carbons (Fsp3) is 0.571. The molecule has 1 aromatic carbocycles. The predicted octanol–water partition coefficient (Wildman–Crippen LogP) is 3.49.